The van der Waals surface area contributed by atoms with Crippen LogP contribution in [0.4, 0.5) is 11.4 Å². The Hall–Kier alpha value is -3.98. The number of amides is 1. The van der Waals surface area contributed by atoms with Crippen LogP contribution in [-0.4, -0.2) is 19.6 Å². The summed E-state index contributed by atoms with van der Waals surface area (Å²) in [4.78, 5) is 15.1. The van der Waals surface area contributed by atoms with Crippen molar-refractivity contribution in [1.82, 2.24) is 0 Å². The van der Waals surface area contributed by atoms with Crippen molar-refractivity contribution in [3.8, 4) is 17.6 Å². The lowest BCUT2D eigenvalue weighted by Gasteiger charge is -2.38. The third-order valence-corrected chi connectivity index (χ3v) is 4.76. The fourth-order valence-electron chi connectivity index (χ4n) is 3.43. The van der Waals surface area contributed by atoms with Gasteiger partial charge in [0.1, 0.15) is 12.2 Å². The van der Waals surface area contributed by atoms with E-state index < -0.39 is 6.17 Å². The van der Waals surface area contributed by atoms with E-state index in [1.54, 1.807) is 18.1 Å². The maximum absolute atomic E-state index is 13.4. The van der Waals surface area contributed by atoms with Crippen LogP contribution in [0.3, 0.4) is 0 Å². The van der Waals surface area contributed by atoms with Gasteiger partial charge in [-0.15, -0.1) is 0 Å². The first-order valence-electron chi connectivity index (χ1n) is 9.15. The molecule has 0 fully saturated rings. The smallest absolute Gasteiger partial charge is 0.262 e. The van der Waals surface area contributed by atoms with Crippen LogP contribution in [0.5, 0.6) is 11.5 Å². The number of benzene rings is 3. The van der Waals surface area contributed by atoms with Gasteiger partial charge in [0.15, 0.2) is 18.1 Å². The van der Waals surface area contributed by atoms with Crippen molar-refractivity contribution >= 4 is 17.3 Å². The lowest BCUT2D eigenvalue weighted by molar-refractivity contribution is 0.0975. The van der Waals surface area contributed by atoms with E-state index in [1.807, 2.05) is 72.8 Å². The van der Waals surface area contributed by atoms with Crippen LogP contribution in [0.1, 0.15) is 22.1 Å². The van der Waals surface area contributed by atoms with E-state index >= 15 is 0 Å². The molecule has 144 valence electrons. The summed E-state index contributed by atoms with van der Waals surface area (Å²) < 4.78 is 10.9. The molecule has 6 nitrogen and oxygen atoms in total. The molecule has 4 rings (SSSR count). The highest BCUT2D eigenvalue weighted by Gasteiger charge is 2.34. The Balaban J connectivity index is 1.80. The maximum atomic E-state index is 13.4. The van der Waals surface area contributed by atoms with Gasteiger partial charge in [0.05, 0.1) is 12.7 Å². The van der Waals surface area contributed by atoms with E-state index in [4.69, 9.17) is 14.7 Å². The zero-order chi connectivity index (χ0) is 20.2. The van der Waals surface area contributed by atoms with Crippen molar-refractivity contribution in [3.05, 3.63) is 83.9 Å². The Morgan fingerprint density at radius 3 is 2.55 bits per heavy atom. The second-order valence-corrected chi connectivity index (χ2v) is 6.46. The van der Waals surface area contributed by atoms with Crippen molar-refractivity contribution in [3.63, 3.8) is 0 Å². The number of nitrogens with one attached hydrogen (secondary N) is 1. The maximum Gasteiger partial charge on any atom is 0.262 e. The number of hydrogen-bond acceptors (Lipinski definition) is 5. The minimum Gasteiger partial charge on any atom is -0.493 e. The van der Waals surface area contributed by atoms with Crippen LogP contribution in [0.2, 0.25) is 0 Å². The fraction of sp³-hybridized carbons (Fsp3) is 0.130. The molecular formula is C23H19N3O3. The molecule has 0 bridgehead atoms. The van der Waals surface area contributed by atoms with Crippen molar-refractivity contribution in [2.75, 3.05) is 23.9 Å². The minimum atomic E-state index is -0.432. The summed E-state index contributed by atoms with van der Waals surface area (Å²) in [6.45, 7) is -0.0701. The first-order chi connectivity index (χ1) is 14.2. The molecule has 1 aliphatic heterocycles. The van der Waals surface area contributed by atoms with Crippen molar-refractivity contribution in [2.24, 2.45) is 0 Å². The molecule has 0 aromatic heterocycles. The molecule has 1 heterocycles. The first kappa shape index (κ1) is 18.4. The second kappa shape index (κ2) is 7.95. The molecule has 0 unspecified atom stereocenters. The number of nitrogens with zero attached hydrogens (tertiary/aromatic N) is 2. The predicted molar refractivity (Wildman–Crippen MR) is 110 cm³/mol. The van der Waals surface area contributed by atoms with Crippen LogP contribution >= 0.6 is 0 Å². The molecule has 0 saturated carbocycles. The van der Waals surface area contributed by atoms with Gasteiger partial charge in [0.2, 0.25) is 0 Å². The van der Waals surface area contributed by atoms with Gasteiger partial charge < -0.3 is 14.8 Å². The van der Waals surface area contributed by atoms with Gasteiger partial charge in [-0.3, -0.25) is 9.69 Å². The number of para-hydroxylation sites is 2. The molecule has 6 heteroatoms. The topological polar surface area (TPSA) is 74.6 Å². The summed E-state index contributed by atoms with van der Waals surface area (Å²) in [5.74, 6) is 0.893. The van der Waals surface area contributed by atoms with E-state index in [-0.39, 0.29) is 12.5 Å². The number of fused-ring (bicyclic) bond motifs is 1. The minimum absolute atomic E-state index is 0.0701. The third kappa shape index (κ3) is 3.46. The summed E-state index contributed by atoms with van der Waals surface area (Å²) in [5.41, 5.74) is 3.01. The predicted octanol–water partition coefficient (Wildman–Crippen LogP) is 4.37. The van der Waals surface area contributed by atoms with Crippen LogP contribution < -0.4 is 19.7 Å². The zero-order valence-corrected chi connectivity index (χ0v) is 15.8. The lowest BCUT2D eigenvalue weighted by atomic mass is 10.0. The standard InChI is InChI=1S/C23H19N3O3/c1-28-21-15-16(11-12-20(21)29-14-13-24)22-25-19-10-6-5-9-18(19)23(27)26(22)17-7-3-2-4-8-17/h2-12,15,22,25H,14H2,1H3/t22-/m1/s1. The molecule has 0 saturated heterocycles. The van der Waals surface area contributed by atoms with Crippen LogP contribution in [0.25, 0.3) is 0 Å². The number of carbonyl (C=O) groups excluding carboxylic acids is 1. The molecule has 1 aliphatic rings. The van der Waals surface area contributed by atoms with Crippen molar-refractivity contribution in [2.45, 2.75) is 6.17 Å². The number of carbonyl (C=O) groups is 1. The molecule has 1 atom stereocenters. The van der Waals surface area contributed by atoms with E-state index in [0.717, 1.165) is 16.9 Å². The highest BCUT2D eigenvalue weighted by Crippen LogP contribution is 2.39. The van der Waals surface area contributed by atoms with Gasteiger partial charge in [-0.25, -0.2) is 0 Å². The summed E-state index contributed by atoms with van der Waals surface area (Å²) in [6, 6.07) is 24.4. The number of methoxy groups -OCH3 is 1. The molecule has 3 aromatic carbocycles. The average molecular weight is 385 g/mol. The summed E-state index contributed by atoms with van der Waals surface area (Å²) in [5, 5.41) is 12.2. The van der Waals surface area contributed by atoms with E-state index in [1.165, 1.54) is 0 Å². The molecule has 0 radical (unpaired) electrons. The van der Waals surface area contributed by atoms with E-state index in [9.17, 15) is 4.79 Å². The number of hydrogen-bond donors (Lipinski definition) is 1. The monoisotopic (exact) mass is 385 g/mol. The van der Waals surface area contributed by atoms with Crippen molar-refractivity contribution in [1.29, 1.82) is 5.26 Å². The van der Waals surface area contributed by atoms with E-state index in [2.05, 4.69) is 5.32 Å². The zero-order valence-electron chi connectivity index (χ0n) is 15.8. The Labute approximate surface area is 168 Å². The highest BCUT2D eigenvalue weighted by molar-refractivity contribution is 6.12. The first-order valence-corrected chi connectivity index (χ1v) is 9.15. The van der Waals surface area contributed by atoms with Gasteiger partial charge in [-0.1, -0.05) is 36.4 Å². The Bertz CT molecular complexity index is 1080. The Morgan fingerprint density at radius 2 is 1.79 bits per heavy atom. The van der Waals surface area contributed by atoms with Gasteiger partial charge >= 0.3 is 0 Å². The van der Waals surface area contributed by atoms with Gasteiger partial charge in [0.25, 0.3) is 5.91 Å². The molecule has 1 N–H and O–H groups in total. The summed E-state index contributed by atoms with van der Waals surface area (Å²) >= 11 is 0. The molecule has 3 aromatic rings. The van der Waals surface area contributed by atoms with Gasteiger partial charge in [0, 0.05) is 11.4 Å². The Kier molecular flexibility index (Phi) is 5.04. The van der Waals surface area contributed by atoms with Crippen LogP contribution in [-0.2, 0) is 0 Å². The van der Waals surface area contributed by atoms with Crippen LogP contribution in [0.15, 0.2) is 72.8 Å². The largest absolute Gasteiger partial charge is 0.493 e. The number of anilines is 2. The SMILES string of the molecule is COc1cc([C@@H]2Nc3ccccc3C(=O)N2c2ccccc2)ccc1OCC#N. The van der Waals surface area contributed by atoms with Gasteiger partial charge in [-0.2, -0.15) is 5.26 Å². The molecule has 0 aliphatic carbocycles. The highest BCUT2D eigenvalue weighted by atomic mass is 16.5. The quantitative estimate of drug-likeness (QED) is 0.706. The second-order valence-electron chi connectivity index (χ2n) is 6.46. The number of rotatable bonds is 5. The van der Waals surface area contributed by atoms with E-state index in [0.29, 0.717) is 17.1 Å². The third-order valence-electron chi connectivity index (χ3n) is 4.76. The van der Waals surface area contributed by atoms with Crippen molar-refractivity contribution < 1.29 is 14.3 Å². The molecule has 29 heavy (non-hydrogen) atoms. The van der Waals surface area contributed by atoms with Gasteiger partial charge in [-0.05, 0) is 42.0 Å². The average Bonchev–Trinajstić information content (AvgIpc) is 2.78. The normalized spacial score (nSPS) is 15.1. The Morgan fingerprint density at radius 1 is 1.03 bits per heavy atom. The fourth-order valence-corrected chi connectivity index (χ4v) is 3.43. The molecule has 1 amide bonds. The molecule has 0 spiro atoms. The summed E-state index contributed by atoms with van der Waals surface area (Å²) in [6.07, 6.45) is -0.432. The number of ether oxygens (including phenoxy) is 2. The lowest BCUT2D eigenvalue weighted by Crippen LogP contribution is -2.43. The number of nitriles is 1. The summed E-state index contributed by atoms with van der Waals surface area (Å²) in [7, 11) is 1.54. The van der Waals surface area contributed by atoms with Crippen LogP contribution in [0, 0.1) is 11.3 Å². The molecular weight excluding hydrogens is 366 g/mol.